The van der Waals surface area contributed by atoms with Gasteiger partial charge in [0.2, 0.25) is 0 Å². The molecule has 0 aliphatic rings. The number of benzene rings is 2. The summed E-state index contributed by atoms with van der Waals surface area (Å²) in [5.41, 5.74) is 0.473. The van der Waals surface area contributed by atoms with E-state index in [1.807, 2.05) is 24.3 Å². The van der Waals surface area contributed by atoms with Crippen molar-refractivity contribution >= 4 is 5.69 Å². The SMILES string of the molecule is [O-]N(Oc1ccccc1)c1ccccc1. The van der Waals surface area contributed by atoms with E-state index < -0.39 is 0 Å². The maximum absolute atomic E-state index is 11.5. The highest BCUT2D eigenvalue weighted by Crippen LogP contribution is 2.16. The van der Waals surface area contributed by atoms with Crippen LogP contribution in [0.15, 0.2) is 60.7 Å². The van der Waals surface area contributed by atoms with Gasteiger partial charge in [0, 0.05) is 0 Å². The highest BCUT2D eigenvalue weighted by atomic mass is 16.9. The van der Waals surface area contributed by atoms with Crippen LogP contribution in [0.4, 0.5) is 5.69 Å². The molecule has 0 saturated carbocycles. The lowest BCUT2D eigenvalue weighted by Gasteiger charge is -2.29. The zero-order chi connectivity index (χ0) is 10.5. The van der Waals surface area contributed by atoms with Crippen LogP contribution >= 0.6 is 0 Å². The number of hydrogen-bond acceptors (Lipinski definition) is 3. The van der Waals surface area contributed by atoms with Crippen molar-refractivity contribution in [1.82, 2.24) is 0 Å². The molecule has 0 heterocycles. The minimum atomic E-state index is 0.473. The van der Waals surface area contributed by atoms with Crippen LogP contribution in [0, 0.1) is 5.21 Å². The van der Waals surface area contributed by atoms with E-state index in [1.165, 1.54) is 0 Å². The van der Waals surface area contributed by atoms with Gasteiger partial charge in [-0.05, 0) is 24.3 Å². The van der Waals surface area contributed by atoms with Crippen LogP contribution in [0.25, 0.3) is 0 Å². The van der Waals surface area contributed by atoms with Crippen molar-refractivity contribution in [3.63, 3.8) is 0 Å². The van der Waals surface area contributed by atoms with Crippen LogP contribution in [0.5, 0.6) is 5.75 Å². The van der Waals surface area contributed by atoms with Crippen LogP contribution in [0.2, 0.25) is 0 Å². The van der Waals surface area contributed by atoms with E-state index in [9.17, 15) is 5.21 Å². The summed E-state index contributed by atoms with van der Waals surface area (Å²) < 4.78 is 0. The molecule has 3 heteroatoms. The van der Waals surface area contributed by atoms with E-state index in [0.29, 0.717) is 16.7 Å². The van der Waals surface area contributed by atoms with Crippen LogP contribution < -0.4 is 10.1 Å². The third kappa shape index (κ3) is 2.48. The van der Waals surface area contributed by atoms with Gasteiger partial charge < -0.3 is 10.0 Å². The van der Waals surface area contributed by atoms with Gasteiger partial charge in [-0.1, -0.05) is 36.4 Å². The molecule has 76 valence electrons. The third-order valence-corrected chi connectivity index (χ3v) is 1.90. The predicted molar refractivity (Wildman–Crippen MR) is 59.4 cm³/mol. The second-order valence-corrected chi connectivity index (χ2v) is 3.00. The highest BCUT2D eigenvalue weighted by Gasteiger charge is 1.96. The van der Waals surface area contributed by atoms with E-state index >= 15 is 0 Å². The van der Waals surface area contributed by atoms with Gasteiger partial charge in [0.05, 0.1) is 5.69 Å². The summed E-state index contributed by atoms with van der Waals surface area (Å²) in [7, 11) is 0. The molecular formula is C12H10NO2-. The molecule has 0 spiro atoms. The minimum Gasteiger partial charge on any atom is -0.724 e. The number of para-hydroxylation sites is 2. The molecule has 0 aromatic heterocycles. The fourth-order valence-electron chi connectivity index (χ4n) is 1.18. The molecule has 0 amide bonds. The fraction of sp³-hybridized carbons (Fsp3) is 0. The van der Waals surface area contributed by atoms with Crippen LogP contribution in [-0.4, -0.2) is 0 Å². The molecule has 0 radical (unpaired) electrons. The maximum atomic E-state index is 11.5. The first kappa shape index (κ1) is 9.55. The molecule has 0 N–H and O–H groups in total. The minimum absolute atomic E-state index is 0.473. The summed E-state index contributed by atoms with van der Waals surface area (Å²) in [6.07, 6.45) is 0. The second-order valence-electron chi connectivity index (χ2n) is 3.00. The lowest BCUT2D eigenvalue weighted by atomic mass is 10.3. The third-order valence-electron chi connectivity index (χ3n) is 1.90. The molecule has 0 fully saturated rings. The van der Waals surface area contributed by atoms with E-state index in [0.717, 1.165) is 0 Å². The van der Waals surface area contributed by atoms with Crippen LogP contribution in [-0.2, 0) is 0 Å². The number of anilines is 1. The second kappa shape index (κ2) is 4.48. The molecule has 0 aliphatic carbocycles. The van der Waals surface area contributed by atoms with Gasteiger partial charge in [-0.2, -0.15) is 0 Å². The summed E-state index contributed by atoms with van der Waals surface area (Å²) in [5.74, 6) is 0.524. The van der Waals surface area contributed by atoms with Crippen molar-refractivity contribution in [2.24, 2.45) is 0 Å². The molecule has 0 saturated heterocycles. The van der Waals surface area contributed by atoms with E-state index in [2.05, 4.69) is 0 Å². The Morgan fingerprint density at radius 3 is 1.93 bits per heavy atom. The van der Waals surface area contributed by atoms with Gasteiger partial charge in [-0.3, -0.25) is 5.23 Å². The molecule has 0 bridgehead atoms. The Kier molecular flexibility index (Phi) is 2.85. The molecular weight excluding hydrogens is 190 g/mol. The van der Waals surface area contributed by atoms with Gasteiger partial charge in [-0.25, -0.2) is 0 Å². The monoisotopic (exact) mass is 200 g/mol. The maximum Gasteiger partial charge on any atom is 0.154 e. The van der Waals surface area contributed by atoms with Gasteiger partial charge >= 0.3 is 0 Å². The Morgan fingerprint density at radius 2 is 1.33 bits per heavy atom. The van der Waals surface area contributed by atoms with Gasteiger partial charge in [-0.15, -0.1) is 0 Å². The fourth-order valence-corrected chi connectivity index (χ4v) is 1.18. The molecule has 0 atom stereocenters. The molecule has 2 aromatic carbocycles. The zero-order valence-corrected chi connectivity index (χ0v) is 8.04. The normalized spacial score (nSPS) is 9.67. The first-order valence-electron chi connectivity index (χ1n) is 4.61. The van der Waals surface area contributed by atoms with Gasteiger partial charge in [0.1, 0.15) is 0 Å². The Hall–Kier alpha value is -2.00. The van der Waals surface area contributed by atoms with Crippen molar-refractivity contribution in [2.45, 2.75) is 0 Å². The van der Waals surface area contributed by atoms with Crippen molar-refractivity contribution in [1.29, 1.82) is 0 Å². The van der Waals surface area contributed by atoms with E-state index in [1.54, 1.807) is 36.4 Å². The molecule has 3 nitrogen and oxygen atoms in total. The summed E-state index contributed by atoms with van der Waals surface area (Å²) >= 11 is 0. The lowest BCUT2D eigenvalue weighted by Crippen LogP contribution is -2.18. The summed E-state index contributed by atoms with van der Waals surface area (Å²) in [5, 5.41) is 12.0. The van der Waals surface area contributed by atoms with Crippen LogP contribution in [0.1, 0.15) is 0 Å². The van der Waals surface area contributed by atoms with Crippen molar-refractivity contribution < 1.29 is 4.84 Å². The Balaban J connectivity index is 2.08. The Bertz CT molecular complexity index is 402. The number of nitrogens with zero attached hydrogens (tertiary/aromatic N) is 1. The van der Waals surface area contributed by atoms with Crippen molar-refractivity contribution in [3.05, 3.63) is 65.9 Å². The number of rotatable bonds is 3. The van der Waals surface area contributed by atoms with Crippen LogP contribution in [0.3, 0.4) is 0 Å². The van der Waals surface area contributed by atoms with Crippen molar-refractivity contribution in [3.8, 4) is 5.75 Å². The topological polar surface area (TPSA) is 35.5 Å². The zero-order valence-electron chi connectivity index (χ0n) is 8.04. The van der Waals surface area contributed by atoms with Crippen molar-refractivity contribution in [2.75, 3.05) is 5.23 Å². The van der Waals surface area contributed by atoms with Gasteiger partial charge in [0.25, 0.3) is 0 Å². The molecule has 2 rings (SSSR count). The number of hydrogen-bond donors (Lipinski definition) is 0. The molecule has 2 aromatic rings. The summed E-state index contributed by atoms with van der Waals surface area (Å²) in [4.78, 5) is 5.08. The Morgan fingerprint density at radius 1 is 0.800 bits per heavy atom. The van der Waals surface area contributed by atoms with E-state index in [-0.39, 0.29) is 0 Å². The average molecular weight is 200 g/mol. The summed E-state index contributed by atoms with van der Waals surface area (Å²) in [6, 6.07) is 17.8. The first-order chi connectivity index (χ1) is 7.36. The predicted octanol–water partition coefficient (Wildman–Crippen LogP) is 2.98. The average Bonchev–Trinajstić information content (AvgIpc) is 2.31. The quantitative estimate of drug-likeness (QED) is 0.714. The first-order valence-corrected chi connectivity index (χ1v) is 4.61. The van der Waals surface area contributed by atoms with Gasteiger partial charge in [0.15, 0.2) is 5.75 Å². The molecule has 0 aliphatic heterocycles. The highest BCUT2D eigenvalue weighted by molar-refractivity contribution is 5.45. The Labute approximate surface area is 88.1 Å². The largest absolute Gasteiger partial charge is 0.724 e. The smallest absolute Gasteiger partial charge is 0.154 e. The summed E-state index contributed by atoms with van der Waals surface area (Å²) in [6.45, 7) is 0. The standard InChI is InChI=1S/C12H10NO2/c14-13(11-7-3-1-4-8-11)15-12-9-5-2-6-10-12/h1-10H/q-1. The molecule has 0 unspecified atom stereocenters. The lowest BCUT2D eigenvalue weighted by molar-refractivity contribution is 0.319. The molecule has 15 heavy (non-hydrogen) atoms. The van der Waals surface area contributed by atoms with E-state index in [4.69, 9.17) is 4.84 Å².